The normalized spacial score (nSPS) is 12.2. The predicted octanol–water partition coefficient (Wildman–Crippen LogP) is 6.94. The smallest absolute Gasteiger partial charge is 0.303 e. The largest absolute Gasteiger partial charge is 0.481 e. The third-order valence-corrected chi connectivity index (χ3v) is 7.29. The van der Waals surface area contributed by atoms with Crippen LogP contribution in [0.25, 0.3) is 10.9 Å². The van der Waals surface area contributed by atoms with Gasteiger partial charge in [-0.2, -0.15) is 0 Å². The number of carboxylic acids is 1. The lowest BCUT2D eigenvalue weighted by molar-refractivity contribution is -0.136. The number of carbonyl (C=O) groups is 2. The molecule has 1 aromatic heterocycles. The van der Waals surface area contributed by atoms with Gasteiger partial charge in [0.15, 0.2) is 0 Å². The monoisotopic (exact) mass is 496 g/mol. The first-order chi connectivity index (χ1) is 17.6. The third-order valence-electron chi connectivity index (χ3n) is 7.29. The van der Waals surface area contributed by atoms with E-state index >= 15 is 0 Å². The van der Waals surface area contributed by atoms with E-state index in [-0.39, 0.29) is 18.4 Å². The van der Waals surface area contributed by atoms with Crippen LogP contribution in [0.15, 0.2) is 66.7 Å². The van der Waals surface area contributed by atoms with Gasteiger partial charge in [0, 0.05) is 35.1 Å². The number of hydrogen-bond acceptors (Lipinski definition) is 2. The number of aliphatic carboxylic acids is 1. The van der Waals surface area contributed by atoms with Gasteiger partial charge < -0.3 is 15.0 Å². The molecular weight excluding hydrogens is 460 g/mol. The van der Waals surface area contributed by atoms with E-state index < -0.39 is 5.97 Å². The minimum absolute atomic E-state index is 0.0831. The quantitative estimate of drug-likeness (QED) is 0.264. The molecule has 4 aromatic rings. The summed E-state index contributed by atoms with van der Waals surface area (Å²) in [6, 6.07) is 22.3. The van der Waals surface area contributed by atoms with Crippen molar-refractivity contribution in [3.8, 4) is 0 Å². The van der Waals surface area contributed by atoms with Crippen LogP contribution in [0.4, 0.5) is 0 Å². The Morgan fingerprint density at radius 3 is 2.32 bits per heavy atom. The number of nitrogens with one attached hydrogen (secondary N) is 1. The Labute approximate surface area is 219 Å². The number of fused-ring (bicyclic) bond motifs is 1. The first-order valence-corrected chi connectivity index (χ1v) is 12.9. The summed E-state index contributed by atoms with van der Waals surface area (Å²) in [6.07, 6.45) is 0.646. The van der Waals surface area contributed by atoms with Crippen molar-refractivity contribution in [1.29, 1.82) is 0 Å². The molecule has 1 heterocycles. The SMILES string of the molecule is Cc1c(C)n(Cc2cccc(CCC(=O)O)c2)c2ccc(C(=O)NC(C)c3cccc(C(C)C)c3)cc12. The minimum atomic E-state index is -0.786. The standard InChI is InChI=1S/C32H36N2O3/c1-20(2)26-10-7-11-27(17-26)22(4)33-32(37)28-13-14-30-29(18-28)21(3)23(5)34(30)19-25-9-6-8-24(16-25)12-15-31(35)36/h6-11,13-14,16-18,20,22H,12,15,19H2,1-5H3,(H,33,37)(H,35,36). The molecule has 5 nitrogen and oxygen atoms in total. The average Bonchev–Trinajstić information content (AvgIpc) is 3.12. The summed E-state index contributed by atoms with van der Waals surface area (Å²) in [7, 11) is 0. The van der Waals surface area contributed by atoms with Crippen LogP contribution in [0.1, 0.15) is 83.0 Å². The Balaban J connectivity index is 1.56. The Morgan fingerprint density at radius 2 is 1.59 bits per heavy atom. The van der Waals surface area contributed by atoms with Gasteiger partial charge in [-0.1, -0.05) is 62.4 Å². The van der Waals surface area contributed by atoms with Gasteiger partial charge in [-0.15, -0.1) is 0 Å². The van der Waals surface area contributed by atoms with E-state index in [0.29, 0.717) is 24.4 Å². The van der Waals surface area contributed by atoms with E-state index in [1.807, 2.05) is 37.3 Å². The number of benzene rings is 3. The van der Waals surface area contributed by atoms with E-state index in [9.17, 15) is 9.59 Å². The maximum absolute atomic E-state index is 13.2. The summed E-state index contributed by atoms with van der Waals surface area (Å²) in [5.41, 5.74) is 8.56. The Morgan fingerprint density at radius 1 is 0.892 bits per heavy atom. The highest BCUT2D eigenvalue weighted by Crippen LogP contribution is 2.28. The summed E-state index contributed by atoms with van der Waals surface area (Å²) in [6.45, 7) is 11.2. The van der Waals surface area contributed by atoms with Crippen molar-refractivity contribution < 1.29 is 14.7 Å². The maximum atomic E-state index is 13.2. The summed E-state index contributed by atoms with van der Waals surface area (Å²) in [5, 5.41) is 13.2. The summed E-state index contributed by atoms with van der Waals surface area (Å²) in [4.78, 5) is 24.1. The van der Waals surface area contributed by atoms with Crippen LogP contribution in [0.2, 0.25) is 0 Å². The lowest BCUT2D eigenvalue weighted by Crippen LogP contribution is -2.26. The molecule has 1 atom stereocenters. The van der Waals surface area contributed by atoms with Gasteiger partial charge in [0.1, 0.15) is 0 Å². The molecule has 2 N–H and O–H groups in total. The van der Waals surface area contributed by atoms with Crippen molar-refractivity contribution in [2.24, 2.45) is 0 Å². The number of carboxylic acid groups (broad SMARTS) is 1. The molecular formula is C32H36N2O3. The van der Waals surface area contributed by atoms with E-state index in [2.05, 4.69) is 74.0 Å². The molecule has 0 aliphatic rings. The van der Waals surface area contributed by atoms with Crippen molar-refractivity contribution in [2.75, 3.05) is 0 Å². The van der Waals surface area contributed by atoms with Gasteiger partial charge in [-0.3, -0.25) is 9.59 Å². The van der Waals surface area contributed by atoms with Gasteiger partial charge in [0.2, 0.25) is 0 Å². The van der Waals surface area contributed by atoms with Crippen molar-refractivity contribution in [3.63, 3.8) is 0 Å². The highest BCUT2D eigenvalue weighted by Gasteiger charge is 2.17. The van der Waals surface area contributed by atoms with E-state index in [4.69, 9.17) is 5.11 Å². The van der Waals surface area contributed by atoms with Gasteiger partial charge >= 0.3 is 5.97 Å². The number of rotatable bonds is 9. The molecule has 1 amide bonds. The Kier molecular flexibility index (Phi) is 7.82. The van der Waals surface area contributed by atoms with Crippen molar-refractivity contribution in [1.82, 2.24) is 9.88 Å². The highest BCUT2D eigenvalue weighted by molar-refractivity contribution is 5.99. The summed E-state index contributed by atoms with van der Waals surface area (Å²) >= 11 is 0. The second-order valence-corrected chi connectivity index (χ2v) is 10.3. The lowest BCUT2D eigenvalue weighted by Gasteiger charge is -2.16. The molecule has 0 saturated carbocycles. The first kappa shape index (κ1) is 26.2. The number of aromatic nitrogens is 1. The van der Waals surface area contributed by atoms with Crippen LogP contribution < -0.4 is 5.32 Å². The number of aryl methyl sites for hydroxylation is 2. The zero-order valence-electron chi connectivity index (χ0n) is 22.3. The fourth-order valence-corrected chi connectivity index (χ4v) is 4.86. The van der Waals surface area contributed by atoms with Crippen LogP contribution >= 0.6 is 0 Å². The highest BCUT2D eigenvalue weighted by atomic mass is 16.4. The first-order valence-electron chi connectivity index (χ1n) is 12.9. The fraction of sp³-hybridized carbons (Fsp3) is 0.312. The molecule has 0 saturated heterocycles. The molecule has 3 aromatic carbocycles. The van der Waals surface area contributed by atoms with Gasteiger partial charge in [0.25, 0.3) is 5.91 Å². The zero-order chi connectivity index (χ0) is 26.7. The average molecular weight is 497 g/mol. The number of nitrogens with zero attached hydrogens (tertiary/aromatic N) is 1. The van der Waals surface area contributed by atoms with Crippen molar-refractivity contribution >= 4 is 22.8 Å². The topological polar surface area (TPSA) is 71.3 Å². The summed E-state index contributed by atoms with van der Waals surface area (Å²) in [5.74, 6) is -0.431. The molecule has 0 aliphatic carbocycles. The van der Waals surface area contributed by atoms with Crippen LogP contribution in [0, 0.1) is 13.8 Å². The van der Waals surface area contributed by atoms with Gasteiger partial charge in [-0.25, -0.2) is 0 Å². The van der Waals surface area contributed by atoms with Crippen LogP contribution in [-0.4, -0.2) is 21.6 Å². The molecule has 4 rings (SSSR count). The maximum Gasteiger partial charge on any atom is 0.303 e. The third kappa shape index (κ3) is 5.93. The van der Waals surface area contributed by atoms with Crippen LogP contribution in [0.3, 0.4) is 0 Å². The molecule has 0 radical (unpaired) electrons. The Bertz CT molecular complexity index is 1450. The second kappa shape index (κ2) is 11.0. The second-order valence-electron chi connectivity index (χ2n) is 10.3. The van der Waals surface area contributed by atoms with E-state index in [1.54, 1.807) is 0 Å². The van der Waals surface area contributed by atoms with Gasteiger partial charge in [-0.05, 0) is 79.1 Å². The predicted molar refractivity (Wildman–Crippen MR) is 149 cm³/mol. The molecule has 1 unspecified atom stereocenters. The lowest BCUT2D eigenvalue weighted by atomic mass is 9.98. The number of carbonyl (C=O) groups excluding carboxylic acids is 1. The van der Waals surface area contributed by atoms with Crippen molar-refractivity contribution in [2.45, 2.75) is 66.0 Å². The molecule has 0 spiro atoms. The molecule has 0 fully saturated rings. The Hall–Kier alpha value is -3.86. The zero-order valence-corrected chi connectivity index (χ0v) is 22.3. The molecule has 0 aliphatic heterocycles. The fourth-order valence-electron chi connectivity index (χ4n) is 4.86. The van der Waals surface area contributed by atoms with E-state index in [0.717, 1.165) is 38.9 Å². The number of hydrogen-bond donors (Lipinski definition) is 2. The molecule has 192 valence electrons. The molecule has 37 heavy (non-hydrogen) atoms. The molecule has 5 heteroatoms. The minimum Gasteiger partial charge on any atom is -0.481 e. The molecule has 0 bridgehead atoms. The summed E-state index contributed by atoms with van der Waals surface area (Å²) < 4.78 is 2.27. The van der Waals surface area contributed by atoms with Crippen molar-refractivity contribution in [3.05, 3.63) is 106 Å². The van der Waals surface area contributed by atoms with Crippen LogP contribution in [-0.2, 0) is 17.8 Å². The van der Waals surface area contributed by atoms with Crippen LogP contribution in [0.5, 0.6) is 0 Å². The van der Waals surface area contributed by atoms with Gasteiger partial charge in [0.05, 0.1) is 6.04 Å². The number of amides is 1. The van der Waals surface area contributed by atoms with E-state index in [1.165, 1.54) is 5.56 Å².